The van der Waals surface area contributed by atoms with Crippen LogP contribution in [0.15, 0.2) is 49.0 Å². The summed E-state index contributed by atoms with van der Waals surface area (Å²) in [4.78, 5) is 2.11. The lowest BCUT2D eigenvalue weighted by Gasteiger charge is -2.30. The zero-order chi connectivity index (χ0) is 23.0. The molecule has 3 heteroatoms. The van der Waals surface area contributed by atoms with Crippen molar-refractivity contribution in [3.63, 3.8) is 0 Å². The zero-order valence-corrected chi connectivity index (χ0v) is 22.8. The summed E-state index contributed by atoms with van der Waals surface area (Å²) in [6.45, 7) is 6.89. The Morgan fingerprint density at radius 1 is 1.06 bits per heavy atom. The number of aryl methyl sites for hydroxylation is 1. The monoisotopic (exact) mass is 477 g/mol. The number of hydrogen-bond donors (Lipinski definition) is 0. The van der Waals surface area contributed by atoms with Gasteiger partial charge < -0.3 is 4.90 Å². The zero-order valence-electron chi connectivity index (χ0n) is 20.9. The Morgan fingerprint density at radius 3 is 2.52 bits per heavy atom. The van der Waals surface area contributed by atoms with E-state index in [4.69, 9.17) is 0 Å². The molecule has 2 atom stereocenters. The number of nitrogens with zero attached hydrogens (tertiary/aromatic N) is 1. The topological polar surface area (TPSA) is 3.24 Å². The van der Waals surface area contributed by atoms with Crippen LogP contribution in [0.25, 0.3) is 5.70 Å². The average molecular weight is 478 g/mol. The van der Waals surface area contributed by atoms with E-state index in [0.717, 1.165) is 32.5 Å². The molecule has 1 nitrogen and oxygen atoms in total. The predicted octanol–water partition coefficient (Wildman–Crippen LogP) is 7.12. The van der Waals surface area contributed by atoms with E-state index in [9.17, 15) is 0 Å². The van der Waals surface area contributed by atoms with Crippen molar-refractivity contribution in [2.45, 2.75) is 57.0 Å². The van der Waals surface area contributed by atoms with E-state index in [1.165, 1.54) is 68.1 Å². The quantitative estimate of drug-likeness (QED) is 0.294. The Kier molecular flexibility index (Phi) is 7.03. The van der Waals surface area contributed by atoms with Gasteiger partial charge in [0.1, 0.15) is 0 Å². The second-order valence-electron chi connectivity index (χ2n) is 11.2. The minimum Gasteiger partial charge on any atom is -0.378 e. The van der Waals surface area contributed by atoms with Crippen molar-refractivity contribution in [2.24, 2.45) is 11.8 Å². The molecule has 1 heterocycles. The highest BCUT2D eigenvalue weighted by molar-refractivity contribution is 7.72. The van der Waals surface area contributed by atoms with Crippen molar-refractivity contribution in [3.8, 4) is 0 Å². The van der Waals surface area contributed by atoms with Crippen LogP contribution in [0.4, 0.5) is 0 Å². The van der Waals surface area contributed by atoms with Crippen molar-refractivity contribution >= 4 is 27.5 Å². The van der Waals surface area contributed by atoms with Crippen LogP contribution in [0, 0.1) is 11.8 Å². The molecule has 176 valence electrons. The third-order valence-corrected chi connectivity index (χ3v) is 11.9. The molecule has 2 aliphatic carbocycles. The maximum Gasteiger partial charge on any atom is 0.0361 e. The van der Waals surface area contributed by atoms with E-state index in [-0.39, 0.29) is 7.92 Å². The van der Waals surface area contributed by atoms with Crippen LogP contribution in [0.1, 0.15) is 61.3 Å². The first kappa shape index (κ1) is 23.6. The Bertz CT molecular complexity index is 1000. The molecule has 0 spiro atoms. The smallest absolute Gasteiger partial charge is 0.0361 e. The summed E-state index contributed by atoms with van der Waals surface area (Å²) in [7, 11) is 5.42. The van der Waals surface area contributed by atoms with Crippen LogP contribution >= 0.6 is 16.5 Å². The molecule has 2 aromatic carbocycles. The molecule has 0 aromatic heterocycles. The third-order valence-electron chi connectivity index (χ3n) is 7.96. The second kappa shape index (κ2) is 9.84. The molecule has 0 N–H and O–H groups in total. The Balaban J connectivity index is 1.28. The largest absolute Gasteiger partial charge is 0.378 e. The SMILES string of the molecule is C=C(c1cccc(Cc2cc(CCPC(C)(CC3CC3)C3CC3)ccc2P2CC2)c1)N(C)C. The number of hydrogen-bond acceptors (Lipinski definition) is 1. The Labute approximate surface area is 205 Å². The lowest BCUT2D eigenvalue weighted by atomic mass is 9.98. The van der Waals surface area contributed by atoms with Crippen molar-refractivity contribution in [1.82, 2.24) is 4.90 Å². The molecule has 5 rings (SSSR count). The van der Waals surface area contributed by atoms with E-state index >= 15 is 0 Å². The molecule has 1 saturated heterocycles. The molecule has 1 aliphatic heterocycles. The van der Waals surface area contributed by atoms with E-state index in [2.05, 4.69) is 75.0 Å². The minimum atomic E-state index is 0.136. The van der Waals surface area contributed by atoms with E-state index < -0.39 is 0 Å². The number of rotatable bonds is 12. The predicted molar refractivity (Wildman–Crippen MR) is 150 cm³/mol. The van der Waals surface area contributed by atoms with Crippen LogP contribution in [0.2, 0.25) is 0 Å². The summed E-state index contributed by atoms with van der Waals surface area (Å²) < 4.78 is 0. The molecule has 3 aliphatic rings. The van der Waals surface area contributed by atoms with Gasteiger partial charge in [-0.2, -0.15) is 0 Å². The van der Waals surface area contributed by atoms with Gasteiger partial charge in [-0.15, -0.1) is 8.58 Å². The maximum atomic E-state index is 4.26. The third kappa shape index (κ3) is 6.10. The maximum absolute atomic E-state index is 4.26. The van der Waals surface area contributed by atoms with Gasteiger partial charge in [-0.05, 0) is 101 Å². The first-order valence-electron chi connectivity index (χ1n) is 13.0. The van der Waals surface area contributed by atoms with E-state index in [1.807, 2.05) is 0 Å². The van der Waals surface area contributed by atoms with Crippen LogP contribution < -0.4 is 5.30 Å². The minimum absolute atomic E-state index is 0.136. The van der Waals surface area contributed by atoms with Crippen LogP contribution in [-0.4, -0.2) is 42.6 Å². The molecule has 0 radical (unpaired) electrons. The molecule has 0 bridgehead atoms. The molecular formula is C30H41NP2. The standard InChI is InChI=1S/C30H41NP2/c1-22(31(3)4)26-7-5-6-25(19-26)20-27-18-23(10-13-29(27)33-16-17-33)14-15-32-30(2,28-11-12-28)21-24-8-9-24/h5-7,10,13,18-19,24,28,32H,1,8-9,11-12,14-17,20-21H2,2-4H3. The van der Waals surface area contributed by atoms with Gasteiger partial charge >= 0.3 is 0 Å². The van der Waals surface area contributed by atoms with Gasteiger partial charge in [0.25, 0.3) is 0 Å². The van der Waals surface area contributed by atoms with Crippen molar-refractivity contribution in [3.05, 3.63) is 71.3 Å². The molecule has 33 heavy (non-hydrogen) atoms. The van der Waals surface area contributed by atoms with Gasteiger partial charge in [-0.1, -0.05) is 70.7 Å². The van der Waals surface area contributed by atoms with Crippen LogP contribution in [-0.2, 0) is 12.8 Å². The normalized spacial score (nSPS) is 20.2. The highest BCUT2D eigenvalue weighted by Gasteiger charge is 2.44. The average Bonchev–Trinajstić information content (AvgIpc) is 3.62. The van der Waals surface area contributed by atoms with Crippen molar-refractivity contribution in [2.75, 3.05) is 32.6 Å². The highest BCUT2D eigenvalue weighted by atomic mass is 31.1. The molecule has 0 amide bonds. The molecule has 3 fully saturated rings. The highest BCUT2D eigenvalue weighted by Crippen LogP contribution is 2.56. The van der Waals surface area contributed by atoms with Gasteiger partial charge in [0.2, 0.25) is 0 Å². The van der Waals surface area contributed by atoms with E-state index in [1.54, 1.807) is 16.4 Å². The fourth-order valence-electron chi connectivity index (χ4n) is 5.39. The first-order chi connectivity index (χ1) is 15.9. The summed E-state index contributed by atoms with van der Waals surface area (Å²) in [6, 6.07) is 16.6. The fourth-order valence-corrected chi connectivity index (χ4v) is 9.10. The molecule has 2 saturated carbocycles. The second-order valence-corrected chi connectivity index (χ2v) is 15.6. The summed E-state index contributed by atoms with van der Waals surface area (Å²) in [5.41, 5.74) is 6.90. The first-order valence-corrected chi connectivity index (χ1v) is 15.9. The molecule has 2 aromatic rings. The van der Waals surface area contributed by atoms with Gasteiger partial charge in [0, 0.05) is 19.8 Å². The van der Waals surface area contributed by atoms with Gasteiger partial charge in [-0.3, -0.25) is 0 Å². The molecular weight excluding hydrogens is 436 g/mol. The lowest BCUT2D eigenvalue weighted by Crippen LogP contribution is -2.23. The Morgan fingerprint density at radius 2 is 1.85 bits per heavy atom. The van der Waals surface area contributed by atoms with Crippen LogP contribution in [0.3, 0.4) is 0 Å². The van der Waals surface area contributed by atoms with Crippen molar-refractivity contribution < 1.29 is 0 Å². The summed E-state index contributed by atoms with van der Waals surface area (Å²) in [6.07, 6.45) is 14.1. The van der Waals surface area contributed by atoms with Gasteiger partial charge in [0.05, 0.1) is 0 Å². The van der Waals surface area contributed by atoms with Gasteiger partial charge in [-0.25, -0.2) is 0 Å². The lowest BCUT2D eigenvalue weighted by molar-refractivity contribution is 0.484. The summed E-state index contributed by atoms with van der Waals surface area (Å²) >= 11 is 0. The van der Waals surface area contributed by atoms with Gasteiger partial charge in [0.15, 0.2) is 0 Å². The van der Waals surface area contributed by atoms with E-state index in [0.29, 0.717) is 5.16 Å². The molecule has 2 unspecified atom stereocenters. The fraction of sp³-hybridized carbons (Fsp3) is 0.533. The number of benzene rings is 2. The van der Waals surface area contributed by atoms with Crippen LogP contribution in [0.5, 0.6) is 0 Å². The summed E-state index contributed by atoms with van der Waals surface area (Å²) in [5, 5.41) is 2.32. The summed E-state index contributed by atoms with van der Waals surface area (Å²) in [5.74, 6) is 2.10. The Hall–Kier alpha value is -1.16. The van der Waals surface area contributed by atoms with Crippen molar-refractivity contribution in [1.29, 1.82) is 0 Å².